The molecule has 0 bridgehead atoms. The average Bonchev–Trinajstić information content (AvgIpc) is 2.63. The Labute approximate surface area is 109 Å². The van der Waals surface area contributed by atoms with Crippen molar-refractivity contribution < 1.29 is 9.59 Å². The summed E-state index contributed by atoms with van der Waals surface area (Å²) in [6, 6.07) is -0.0106. The zero-order chi connectivity index (χ0) is 12.1. The van der Waals surface area contributed by atoms with Crippen molar-refractivity contribution >= 4 is 24.2 Å². The van der Waals surface area contributed by atoms with Crippen LogP contribution >= 0.6 is 12.4 Å². The van der Waals surface area contributed by atoms with Crippen molar-refractivity contribution in [2.24, 2.45) is 11.7 Å². The monoisotopic (exact) mass is 263 g/mol. The summed E-state index contributed by atoms with van der Waals surface area (Å²) in [6.45, 7) is 5.46. The van der Waals surface area contributed by atoms with E-state index in [9.17, 15) is 9.59 Å². The Morgan fingerprint density at radius 3 is 2.65 bits per heavy atom. The van der Waals surface area contributed by atoms with Gasteiger partial charge in [0.15, 0.2) is 0 Å². The van der Waals surface area contributed by atoms with Crippen LogP contribution in [0.4, 0.5) is 0 Å². The standard InChI is InChI=1S/C11H21N3O2.ClH/c1-8(6-12)11(16)13-9(2)7-14-5-3-4-10(14)15;/h8-9H,3-7,12H2,1-2H3,(H,13,16);1H. The number of nitrogens with two attached hydrogens (primary N) is 1. The highest BCUT2D eigenvalue weighted by Crippen LogP contribution is 2.09. The van der Waals surface area contributed by atoms with Crippen molar-refractivity contribution in [2.75, 3.05) is 19.6 Å². The Morgan fingerprint density at radius 1 is 1.53 bits per heavy atom. The van der Waals surface area contributed by atoms with E-state index in [1.165, 1.54) is 0 Å². The lowest BCUT2D eigenvalue weighted by molar-refractivity contribution is -0.129. The van der Waals surface area contributed by atoms with Crippen LogP contribution in [0.5, 0.6) is 0 Å². The molecule has 0 spiro atoms. The number of hydrogen-bond acceptors (Lipinski definition) is 3. The quantitative estimate of drug-likeness (QED) is 0.740. The molecule has 2 unspecified atom stereocenters. The predicted molar refractivity (Wildman–Crippen MR) is 68.9 cm³/mol. The predicted octanol–water partition coefficient (Wildman–Crippen LogP) is 0.130. The minimum absolute atomic E-state index is 0. The summed E-state index contributed by atoms with van der Waals surface area (Å²) in [5, 5.41) is 2.87. The van der Waals surface area contributed by atoms with Crippen molar-refractivity contribution in [2.45, 2.75) is 32.7 Å². The van der Waals surface area contributed by atoms with Gasteiger partial charge in [0.2, 0.25) is 11.8 Å². The first-order chi connectivity index (χ1) is 7.54. The maximum atomic E-state index is 11.5. The van der Waals surface area contributed by atoms with Gasteiger partial charge in [0.1, 0.15) is 0 Å². The van der Waals surface area contributed by atoms with Crippen molar-refractivity contribution in [3.05, 3.63) is 0 Å². The largest absolute Gasteiger partial charge is 0.352 e. The van der Waals surface area contributed by atoms with Crippen LogP contribution in [-0.2, 0) is 9.59 Å². The zero-order valence-electron chi connectivity index (χ0n) is 10.4. The van der Waals surface area contributed by atoms with Crippen LogP contribution in [0, 0.1) is 5.92 Å². The van der Waals surface area contributed by atoms with E-state index in [0.29, 0.717) is 19.5 Å². The number of nitrogens with zero attached hydrogens (tertiary/aromatic N) is 1. The Kier molecular flexibility index (Phi) is 7.15. The number of amides is 2. The number of halogens is 1. The van der Waals surface area contributed by atoms with Gasteiger partial charge in [0.05, 0.1) is 0 Å². The lowest BCUT2D eigenvalue weighted by atomic mass is 10.1. The molecule has 1 saturated heterocycles. The zero-order valence-corrected chi connectivity index (χ0v) is 11.3. The molecule has 0 aromatic heterocycles. The van der Waals surface area contributed by atoms with E-state index < -0.39 is 0 Å². The van der Waals surface area contributed by atoms with Crippen molar-refractivity contribution in [3.8, 4) is 0 Å². The van der Waals surface area contributed by atoms with Gasteiger partial charge in [-0.25, -0.2) is 0 Å². The highest BCUT2D eigenvalue weighted by atomic mass is 35.5. The molecule has 1 aliphatic heterocycles. The maximum Gasteiger partial charge on any atom is 0.224 e. The summed E-state index contributed by atoms with van der Waals surface area (Å²) in [5.74, 6) is -0.0219. The number of rotatable bonds is 5. The minimum atomic E-state index is -0.170. The Balaban J connectivity index is 0.00000256. The van der Waals surface area contributed by atoms with Crippen LogP contribution in [-0.4, -0.2) is 42.4 Å². The van der Waals surface area contributed by atoms with Crippen molar-refractivity contribution in [1.29, 1.82) is 0 Å². The molecule has 1 aliphatic rings. The molecule has 6 heteroatoms. The van der Waals surface area contributed by atoms with Crippen LogP contribution in [0.15, 0.2) is 0 Å². The second-order valence-electron chi connectivity index (χ2n) is 4.49. The van der Waals surface area contributed by atoms with Gasteiger partial charge >= 0.3 is 0 Å². The smallest absolute Gasteiger partial charge is 0.224 e. The summed E-state index contributed by atoms with van der Waals surface area (Å²) in [7, 11) is 0. The summed E-state index contributed by atoms with van der Waals surface area (Å²) < 4.78 is 0. The average molecular weight is 264 g/mol. The molecule has 2 atom stereocenters. The van der Waals surface area contributed by atoms with Crippen LogP contribution in [0.2, 0.25) is 0 Å². The molecule has 1 rings (SSSR count). The molecular weight excluding hydrogens is 242 g/mol. The van der Waals surface area contributed by atoms with Gasteiger partial charge in [-0.05, 0) is 13.3 Å². The molecule has 17 heavy (non-hydrogen) atoms. The molecule has 100 valence electrons. The van der Waals surface area contributed by atoms with Crippen molar-refractivity contribution in [3.63, 3.8) is 0 Å². The van der Waals surface area contributed by atoms with Crippen LogP contribution in [0.25, 0.3) is 0 Å². The number of hydrogen-bond donors (Lipinski definition) is 2. The number of carbonyl (C=O) groups is 2. The molecule has 5 nitrogen and oxygen atoms in total. The van der Waals surface area contributed by atoms with Crippen LogP contribution in [0.3, 0.4) is 0 Å². The highest BCUT2D eigenvalue weighted by molar-refractivity contribution is 5.85. The van der Waals surface area contributed by atoms with Gasteiger partial charge in [-0.1, -0.05) is 6.92 Å². The number of likely N-dealkylation sites (tertiary alicyclic amines) is 1. The lowest BCUT2D eigenvalue weighted by Gasteiger charge is -2.22. The fourth-order valence-corrected chi connectivity index (χ4v) is 1.77. The summed E-state index contributed by atoms with van der Waals surface area (Å²) >= 11 is 0. The van der Waals surface area contributed by atoms with Gasteiger partial charge in [0, 0.05) is 38.0 Å². The SMILES string of the molecule is CC(CN1CCCC1=O)NC(=O)C(C)CN.Cl. The second-order valence-corrected chi connectivity index (χ2v) is 4.49. The van der Waals surface area contributed by atoms with E-state index >= 15 is 0 Å². The molecule has 0 aromatic rings. The first-order valence-electron chi connectivity index (χ1n) is 5.82. The van der Waals surface area contributed by atoms with E-state index in [0.717, 1.165) is 13.0 Å². The van der Waals surface area contributed by atoms with E-state index in [1.807, 2.05) is 6.92 Å². The molecule has 1 fully saturated rings. The van der Waals surface area contributed by atoms with Gasteiger partial charge in [-0.3, -0.25) is 9.59 Å². The van der Waals surface area contributed by atoms with Gasteiger partial charge in [-0.15, -0.1) is 12.4 Å². The molecule has 0 radical (unpaired) electrons. The number of nitrogens with one attached hydrogen (secondary N) is 1. The second kappa shape index (κ2) is 7.50. The summed E-state index contributed by atoms with van der Waals surface area (Å²) in [5.41, 5.74) is 5.41. The fraction of sp³-hybridized carbons (Fsp3) is 0.818. The topological polar surface area (TPSA) is 75.4 Å². The van der Waals surface area contributed by atoms with Gasteiger partial charge in [0.25, 0.3) is 0 Å². The molecule has 0 aliphatic carbocycles. The third kappa shape index (κ3) is 4.91. The van der Waals surface area contributed by atoms with E-state index in [4.69, 9.17) is 5.73 Å². The molecule has 2 amide bonds. The molecular formula is C11H22ClN3O2. The third-order valence-corrected chi connectivity index (χ3v) is 2.86. The van der Waals surface area contributed by atoms with Gasteiger partial charge in [-0.2, -0.15) is 0 Å². The van der Waals surface area contributed by atoms with Crippen LogP contribution < -0.4 is 11.1 Å². The number of carbonyl (C=O) groups excluding carboxylic acids is 2. The summed E-state index contributed by atoms with van der Waals surface area (Å²) in [6.07, 6.45) is 1.57. The van der Waals surface area contributed by atoms with E-state index in [2.05, 4.69) is 5.32 Å². The Morgan fingerprint density at radius 2 is 2.18 bits per heavy atom. The highest BCUT2D eigenvalue weighted by Gasteiger charge is 2.22. The van der Waals surface area contributed by atoms with E-state index in [1.54, 1.807) is 11.8 Å². The van der Waals surface area contributed by atoms with Crippen LogP contribution in [0.1, 0.15) is 26.7 Å². The van der Waals surface area contributed by atoms with Crippen molar-refractivity contribution in [1.82, 2.24) is 10.2 Å². The molecule has 3 N–H and O–H groups in total. The minimum Gasteiger partial charge on any atom is -0.352 e. The van der Waals surface area contributed by atoms with E-state index in [-0.39, 0.29) is 36.2 Å². The Hall–Kier alpha value is -0.810. The normalized spacial score (nSPS) is 18.5. The summed E-state index contributed by atoms with van der Waals surface area (Å²) in [4.78, 5) is 24.7. The van der Waals surface area contributed by atoms with Gasteiger partial charge < -0.3 is 16.0 Å². The molecule has 0 saturated carbocycles. The first kappa shape index (κ1) is 16.2. The fourth-order valence-electron chi connectivity index (χ4n) is 1.77. The first-order valence-corrected chi connectivity index (χ1v) is 5.82. The molecule has 1 heterocycles. The third-order valence-electron chi connectivity index (χ3n) is 2.86. The maximum absolute atomic E-state index is 11.5. The Bertz CT molecular complexity index is 273. The lowest BCUT2D eigenvalue weighted by Crippen LogP contribution is -2.45. The molecule has 0 aromatic carbocycles.